The predicted octanol–water partition coefficient (Wildman–Crippen LogP) is 3.18. The highest BCUT2D eigenvalue weighted by molar-refractivity contribution is 7.10. The van der Waals surface area contributed by atoms with Gasteiger partial charge in [-0.1, -0.05) is 18.2 Å². The number of aromatic nitrogens is 2. The van der Waals surface area contributed by atoms with Crippen LogP contribution in [-0.4, -0.2) is 34.2 Å². The molecule has 0 fully saturated rings. The second kappa shape index (κ2) is 7.95. The standard InChI is InChI=1S/C19H19N5OS/c1-14-8-9-26-17(14)12-23(2)13-18(25)22-19-15(10-20)11-21-24(19)16-6-4-3-5-7-16/h3-9,11H,12-13H2,1-2H3,(H,22,25). The van der Waals surface area contributed by atoms with Gasteiger partial charge in [0.25, 0.3) is 0 Å². The minimum Gasteiger partial charge on any atom is -0.308 e. The molecule has 0 bridgehead atoms. The van der Waals surface area contributed by atoms with Gasteiger partial charge in [-0.05, 0) is 43.1 Å². The lowest BCUT2D eigenvalue weighted by Gasteiger charge is -2.16. The maximum absolute atomic E-state index is 12.5. The lowest BCUT2D eigenvalue weighted by molar-refractivity contribution is -0.117. The average molecular weight is 365 g/mol. The van der Waals surface area contributed by atoms with Crippen LogP contribution >= 0.6 is 11.3 Å². The van der Waals surface area contributed by atoms with E-state index in [1.165, 1.54) is 16.6 Å². The lowest BCUT2D eigenvalue weighted by atomic mass is 10.3. The van der Waals surface area contributed by atoms with E-state index in [1.807, 2.05) is 42.3 Å². The second-order valence-electron chi connectivity index (χ2n) is 6.01. The first-order valence-electron chi connectivity index (χ1n) is 8.13. The van der Waals surface area contributed by atoms with Crippen molar-refractivity contribution in [1.82, 2.24) is 14.7 Å². The molecule has 2 heterocycles. The molecule has 3 aromatic rings. The van der Waals surface area contributed by atoms with Gasteiger partial charge in [0.15, 0.2) is 5.82 Å². The fraction of sp³-hybridized carbons (Fsp3) is 0.211. The number of benzene rings is 1. The lowest BCUT2D eigenvalue weighted by Crippen LogP contribution is -2.30. The molecule has 0 atom stereocenters. The predicted molar refractivity (Wildman–Crippen MR) is 102 cm³/mol. The van der Waals surface area contributed by atoms with Gasteiger partial charge in [-0.3, -0.25) is 9.69 Å². The van der Waals surface area contributed by atoms with Crippen molar-refractivity contribution in [2.45, 2.75) is 13.5 Å². The van der Waals surface area contributed by atoms with E-state index in [9.17, 15) is 10.1 Å². The summed E-state index contributed by atoms with van der Waals surface area (Å²) in [7, 11) is 1.90. The van der Waals surface area contributed by atoms with E-state index in [2.05, 4.69) is 34.9 Å². The Balaban J connectivity index is 1.72. The summed E-state index contributed by atoms with van der Waals surface area (Å²) in [6.45, 7) is 3.00. The number of likely N-dealkylation sites (N-methyl/N-ethyl adjacent to an activating group) is 1. The summed E-state index contributed by atoms with van der Waals surface area (Å²) in [6, 6.07) is 13.6. The number of aryl methyl sites for hydroxylation is 1. The Morgan fingerprint density at radius 2 is 2.12 bits per heavy atom. The molecule has 6 nitrogen and oxygen atoms in total. The van der Waals surface area contributed by atoms with Crippen LogP contribution in [0.15, 0.2) is 48.0 Å². The van der Waals surface area contributed by atoms with E-state index in [0.29, 0.717) is 17.9 Å². The highest BCUT2D eigenvalue weighted by atomic mass is 32.1. The number of amides is 1. The van der Waals surface area contributed by atoms with Gasteiger partial charge in [-0.15, -0.1) is 11.3 Å². The molecule has 0 spiro atoms. The highest BCUT2D eigenvalue weighted by Gasteiger charge is 2.16. The monoisotopic (exact) mass is 365 g/mol. The topological polar surface area (TPSA) is 74.0 Å². The number of nitriles is 1. The van der Waals surface area contributed by atoms with Crippen LogP contribution < -0.4 is 5.32 Å². The molecular formula is C19H19N5OS. The van der Waals surface area contributed by atoms with E-state index in [1.54, 1.807) is 16.0 Å². The van der Waals surface area contributed by atoms with Crippen molar-refractivity contribution in [2.75, 3.05) is 18.9 Å². The number of nitrogens with zero attached hydrogens (tertiary/aromatic N) is 4. The highest BCUT2D eigenvalue weighted by Crippen LogP contribution is 2.20. The third-order valence-electron chi connectivity index (χ3n) is 3.94. The van der Waals surface area contributed by atoms with Gasteiger partial charge in [0.2, 0.25) is 5.91 Å². The van der Waals surface area contributed by atoms with E-state index in [-0.39, 0.29) is 12.5 Å². The average Bonchev–Trinajstić information content (AvgIpc) is 3.21. The van der Waals surface area contributed by atoms with Crippen LogP contribution in [0.2, 0.25) is 0 Å². The number of rotatable bonds is 6. The van der Waals surface area contributed by atoms with E-state index in [0.717, 1.165) is 5.69 Å². The quantitative estimate of drug-likeness (QED) is 0.728. The minimum atomic E-state index is -0.184. The Bertz CT molecular complexity index is 938. The van der Waals surface area contributed by atoms with E-state index < -0.39 is 0 Å². The molecule has 0 saturated carbocycles. The van der Waals surface area contributed by atoms with Crippen molar-refractivity contribution >= 4 is 23.1 Å². The summed E-state index contributed by atoms with van der Waals surface area (Å²) in [4.78, 5) is 15.7. The van der Waals surface area contributed by atoms with Crippen LogP contribution in [0.3, 0.4) is 0 Å². The van der Waals surface area contributed by atoms with Crippen LogP contribution in [0.25, 0.3) is 5.69 Å². The Hall–Kier alpha value is -2.95. The van der Waals surface area contributed by atoms with Gasteiger partial charge in [-0.25, -0.2) is 4.68 Å². The maximum Gasteiger partial charge on any atom is 0.239 e. The van der Waals surface area contributed by atoms with Gasteiger partial charge in [0.05, 0.1) is 18.4 Å². The van der Waals surface area contributed by atoms with E-state index in [4.69, 9.17) is 0 Å². The van der Waals surface area contributed by atoms with Crippen molar-refractivity contribution in [2.24, 2.45) is 0 Å². The molecule has 7 heteroatoms. The molecule has 0 aliphatic carbocycles. The van der Waals surface area contributed by atoms with Crippen LogP contribution in [0.5, 0.6) is 0 Å². The van der Waals surface area contributed by atoms with Crippen LogP contribution in [0.4, 0.5) is 5.82 Å². The van der Waals surface area contributed by atoms with Crippen molar-refractivity contribution in [3.63, 3.8) is 0 Å². The summed E-state index contributed by atoms with van der Waals surface area (Å²) in [5.74, 6) is 0.209. The molecule has 2 aromatic heterocycles. The van der Waals surface area contributed by atoms with Gasteiger partial charge in [0, 0.05) is 11.4 Å². The molecule has 0 unspecified atom stereocenters. The number of carbonyl (C=O) groups is 1. The van der Waals surface area contributed by atoms with Gasteiger partial charge >= 0.3 is 0 Å². The summed E-state index contributed by atoms with van der Waals surface area (Å²) in [5, 5.41) is 18.4. The smallest absolute Gasteiger partial charge is 0.239 e. The normalized spacial score (nSPS) is 10.7. The van der Waals surface area contributed by atoms with Crippen molar-refractivity contribution < 1.29 is 4.79 Å². The molecule has 1 aromatic carbocycles. The molecule has 3 rings (SSSR count). The molecule has 1 N–H and O–H groups in total. The van der Waals surface area contributed by atoms with Crippen LogP contribution in [0, 0.1) is 18.3 Å². The number of nitrogens with one attached hydrogen (secondary N) is 1. The SMILES string of the molecule is Cc1ccsc1CN(C)CC(=O)Nc1c(C#N)cnn1-c1ccccc1. The maximum atomic E-state index is 12.5. The number of carbonyl (C=O) groups excluding carboxylic acids is 1. The first-order valence-corrected chi connectivity index (χ1v) is 9.01. The first-order chi connectivity index (χ1) is 12.6. The number of hydrogen-bond donors (Lipinski definition) is 1. The summed E-state index contributed by atoms with van der Waals surface area (Å²) in [6.07, 6.45) is 1.46. The van der Waals surface area contributed by atoms with Gasteiger partial charge in [0.1, 0.15) is 11.6 Å². The number of thiophene rings is 1. The molecule has 26 heavy (non-hydrogen) atoms. The number of para-hydroxylation sites is 1. The van der Waals surface area contributed by atoms with Gasteiger partial charge in [-0.2, -0.15) is 10.4 Å². The fourth-order valence-electron chi connectivity index (χ4n) is 2.60. The zero-order chi connectivity index (χ0) is 18.5. The molecule has 1 amide bonds. The van der Waals surface area contributed by atoms with Crippen molar-refractivity contribution in [3.8, 4) is 11.8 Å². The van der Waals surface area contributed by atoms with Crippen molar-refractivity contribution in [3.05, 3.63) is 64.0 Å². The fourth-order valence-corrected chi connectivity index (χ4v) is 3.58. The number of anilines is 1. The minimum absolute atomic E-state index is 0.184. The van der Waals surface area contributed by atoms with Crippen LogP contribution in [0.1, 0.15) is 16.0 Å². The van der Waals surface area contributed by atoms with Crippen molar-refractivity contribution in [1.29, 1.82) is 5.26 Å². The van der Waals surface area contributed by atoms with E-state index >= 15 is 0 Å². The molecule has 0 saturated heterocycles. The largest absolute Gasteiger partial charge is 0.308 e. The Kier molecular flexibility index (Phi) is 5.46. The second-order valence-corrected chi connectivity index (χ2v) is 7.01. The summed E-state index contributed by atoms with van der Waals surface area (Å²) < 4.78 is 1.57. The molecule has 0 radical (unpaired) electrons. The molecule has 132 valence electrons. The zero-order valence-corrected chi connectivity index (χ0v) is 15.5. The first kappa shape index (κ1) is 17.9. The van der Waals surface area contributed by atoms with Gasteiger partial charge < -0.3 is 5.32 Å². The Morgan fingerprint density at radius 1 is 1.35 bits per heavy atom. The third kappa shape index (κ3) is 3.99. The molecule has 0 aliphatic heterocycles. The Labute approximate surface area is 156 Å². The summed E-state index contributed by atoms with van der Waals surface area (Å²) >= 11 is 1.69. The Morgan fingerprint density at radius 3 is 2.77 bits per heavy atom. The number of hydrogen-bond acceptors (Lipinski definition) is 5. The molecular weight excluding hydrogens is 346 g/mol. The third-order valence-corrected chi connectivity index (χ3v) is 4.95. The zero-order valence-electron chi connectivity index (χ0n) is 14.6. The van der Waals surface area contributed by atoms with Crippen LogP contribution in [-0.2, 0) is 11.3 Å². The molecule has 0 aliphatic rings. The summed E-state index contributed by atoms with van der Waals surface area (Å²) in [5.41, 5.74) is 2.35.